The van der Waals surface area contributed by atoms with E-state index in [2.05, 4.69) is 5.32 Å². The van der Waals surface area contributed by atoms with Crippen molar-refractivity contribution < 1.29 is 45.2 Å². The molecular formula is C35H39BF2N2O8S. The molecule has 1 aliphatic carbocycles. The summed E-state index contributed by atoms with van der Waals surface area (Å²) in [6, 6.07) is 11.9. The standard InChI is InChI=1S/C35H39BF2N2O8S/c1-34(2)35(3,4)48-36(47-34)31-23(18-45-19-44-6)13-20(14-27(31)38)17-40(49(42)43)28-16-29-26(15-25(28)21-7-8-21)30(33(41)39-5)32(46-29)22-9-11-24(37)12-10-22/h9-16,21,49H,7-8,17-19H2,1-6H3,(H,39,41). The van der Waals surface area contributed by atoms with Crippen molar-refractivity contribution in [2.24, 2.45) is 0 Å². The molecule has 260 valence electrons. The monoisotopic (exact) mass is 696 g/mol. The van der Waals surface area contributed by atoms with Gasteiger partial charge < -0.3 is 28.5 Å². The molecular weight excluding hydrogens is 657 g/mol. The van der Waals surface area contributed by atoms with Gasteiger partial charge in [-0.2, -0.15) is 0 Å². The normalized spacial score (nSPS) is 16.9. The van der Waals surface area contributed by atoms with Gasteiger partial charge in [0, 0.05) is 36.6 Å². The van der Waals surface area contributed by atoms with Crippen molar-refractivity contribution in [3.63, 3.8) is 0 Å². The molecule has 2 aliphatic rings. The van der Waals surface area contributed by atoms with Crippen molar-refractivity contribution >= 4 is 46.0 Å². The van der Waals surface area contributed by atoms with Gasteiger partial charge in [0.2, 0.25) is 10.9 Å². The Labute approximate surface area is 285 Å². The average Bonchev–Trinajstić information content (AvgIpc) is 3.78. The summed E-state index contributed by atoms with van der Waals surface area (Å²) in [5.41, 5.74) is 1.63. The molecule has 49 heavy (non-hydrogen) atoms. The molecule has 0 atom stereocenters. The Morgan fingerprint density at radius 3 is 2.31 bits per heavy atom. The quantitative estimate of drug-likeness (QED) is 0.0856. The molecule has 1 saturated carbocycles. The molecule has 14 heteroatoms. The van der Waals surface area contributed by atoms with Crippen LogP contribution in [0.15, 0.2) is 52.9 Å². The Morgan fingerprint density at radius 1 is 1.04 bits per heavy atom. The molecule has 1 aromatic heterocycles. The summed E-state index contributed by atoms with van der Waals surface area (Å²) in [6.45, 7) is 7.20. The predicted octanol–water partition coefficient (Wildman–Crippen LogP) is 5.57. The van der Waals surface area contributed by atoms with Crippen LogP contribution in [0, 0.1) is 11.6 Å². The van der Waals surface area contributed by atoms with Crippen molar-refractivity contribution in [1.29, 1.82) is 0 Å². The van der Waals surface area contributed by atoms with Gasteiger partial charge in [0.05, 0.1) is 35.6 Å². The van der Waals surface area contributed by atoms with E-state index in [0.29, 0.717) is 27.8 Å². The van der Waals surface area contributed by atoms with Crippen LogP contribution in [0.25, 0.3) is 22.3 Å². The van der Waals surface area contributed by atoms with E-state index in [-0.39, 0.29) is 48.2 Å². The van der Waals surface area contributed by atoms with Gasteiger partial charge in [-0.1, -0.05) is 6.07 Å². The summed E-state index contributed by atoms with van der Waals surface area (Å²) in [4.78, 5) is 13.1. The summed E-state index contributed by atoms with van der Waals surface area (Å²) < 4.78 is 86.1. The lowest BCUT2D eigenvalue weighted by Crippen LogP contribution is -2.41. The van der Waals surface area contributed by atoms with Crippen molar-refractivity contribution in [3.8, 4) is 11.3 Å². The van der Waals surface area contributed by atoms with Crippen LogP contribution in [0.4, 0.5) is 14.5 Å². The SMILES string of the molecule is CNC(=O)c1c(-c2ccc(F)cc2)oc2cc(N(Cc3cc(F)c(B4OC(C)(C)C(C)(C)O4)c(COCOC)c3)[SH](=O)=O)c(C3CC3)cc12. The summed E-state index contributed by atoms with van der Waals surface area (Å²) in [5, 5.41) is 3.15. The molecule has 10 nitrogen and oxygen atoms in total. The maximum atomic E-state index is 16.1. The van der Waals surface area contributed by atoms with Crippen molar-refractivity contribution in [2.45, 2.75) is 70.8 Å². The van der Waals surface area contributed by atoms with E-state index in [9.17, 15) is 17.6 Å². The van der Waals surface area contributed by atoms with E-state index >= 15 is 4.39 Å². The number of hydrogen-bond donors (Lipinski definition) is 2. The summed E-state index contributed by atoms with van der Waals surface area (Å²) in [7, 11) is -1.26. The molecule has 0 bridgehead atoms. The summed E-state index contributed by atoms with van der Waals surface area (Å²) in [6.07, 6.45) is 1.66. The number of fused-ring (bicyclic) bond motifs is 1. The highest BCUT2D eigenvalue weighted by Gasteiger charge is 2.53. The van der Waals surface area contributed by atoms with E-state index in [0.717, 1.165) is 18.4 Å². The summed E-state index contributed by atoms with van der Waals surface area (Å²) >= 11 is 0. The van der Waals surface area contributed by atoms with Gasteiger partial charge in [0.25, 0.3) is 5.91 Å². The third kappa shape index (κ3) is 6.84. The number of furan rings is 1. The number of ether oxygens (including phenoxy) is 2. The molecule has 0 radical (unpaired) electrons. The van der Waals surface area contributed by atoms with E-state index in [4.69, 9.17) is 23.2 Å². The van der Waals surface area contributed by atoms with Crippen LogP contribution >= 0.6 is 0 Å². The largest absolute Gasteiger partial charge is 0.498 e. The highest BCUT2D eigenvalue weighted by Crippen LogP contribution is 2.48. The highest BCUT2D eigenvalue weighted by atomic mass is 32.2. The first kappa shape index (κ1) is 35.0. The van der Waals surface area contributed by atoms with Crippen LogP contribution < -0.4 is 15.1 Å². The van der Waals surface area contributed by atoms with E-state index in [1.165, 1.54) is 48.8 Å². The molecule has 1 saturated heterocycles. The molecule has 2 heterocycles. The lowest BCUT2D eigenvalue weighted by Gasteiger charge is -2.32. The van der Waals surface area contributed by atoms with Gasteiger partial charge >= 0.3 is 7.12 Å². The molecule has 1 aliphatic heterocycles. The van der Waals surface area contributed by atoms with E-state index < -0.39 is 46.8 Å². The predicted molar refractivity (Wildman–Crippen MR) is 182 cm³/mol. The lowest BCUT2D eigenvalue weighted by atomic mass is 9.75. The molecule has 2 fully saturated rings. The first-order valence-corrected chi connectivity index (χ1v) is 17.1. The van der Waals surface area contributed by atoms with Gasteiger partial charge in [0.15, 0.2) is 0 Å². The van der Waals surface area contributed by atoms with Crippen LogP contribution in [0.3, 0.4) is 0 Å². The first-order chi connectivity index (χ1) is 23.2. The molecule has 0 unspecified atom stereocenters. The maximum absolute atomic E-state index is 16.1. The first-order valence-electron chi connectivity index (χ1n) is 16.0. The minimum Gasteiger partial charge on any atom is -0.455 e. The molecule has 4 aromatic rings. The number of thiol groups is 1. The number of hydrogen-bond acceptors (Lipinski definition) is 8. The number of halogens is 2. The lowest BCUT2D eigenvalue weighted by molar-refractivity contribution is -0.0389. The van der Waals surface area contributed by atoms with Crippen molar-refractivity contribution in [2.75, 3.05) is 25.3 Å². The number of benzene rings is 3. The zero-order valence-electron chi connectivity index (χ0n) is 28.2. The second kappa shape index (κ2) is 13.5. The molecule has 1 amide bonds. The second-order valence-electron chi connectivity index (χ2n) is 13.4. The molecule has 6 rings (SSSR count). The number of anilines is 1. The minimum atomic E-state index is -3.22. The topological polar surface area (TPSA) is 117 Å². The smallest absolute Gasteiger partial charge is 0.455 e. The van der Waals surface area contributed by atoms with Gasteiger partial charge in [-0.15, -0.1) is 0 Å². The Hall–Kier alpha value is -3.82. The Bertz CT molecular complexity index is 1950. The molecule has 3 aromatic carbocycles. The molecule has 0 spiro atoms. The Morgan fingerprint density at radius 2 is 1.71 bits per heavy atom. The number of amides is 1. The van der Waals surface area contributed by atoms with Crippen LogP contribution in [0.5, 0.6) is 0 Å². The fourth-order valence-corrected chi connectivity index (χ4v) is 6.69. The Balaban J connectivity index is 1.44. The average molecular weight is 697 g/mol. The van der Waals surface area contributed by atoms with Gasteiger partial charge in [-0.3, -0.25) is 9.10 Å². The van der Waals surface area contributed by atoms with Crippen LogP contribution in [0.2, 0.25) is 0 Å². The van der Waals surface area contributed by atoms with E-state index in [1.54, 1.807) is 18.2 Å². The van der Waals surface area contributed by atoms with Gasteiger partial charge in [0.1, 0.15) is 29.8 Å². The number of nitrogens with one attached hydrogen (secondary N) is 1. The number of carbonyl (C=O) groups is 1. The number of rotatable bonds is 12. The third-order valence-electron chi connectivity index (χ3n) is 9.45. The van der Waals surface area contributed by atoms with Crippen LogP contribution in [-0.2, 0) is 42.8 Å². The van der Waals surface area contributed by atoms with Crippen LogP contribution in [0.1, 0.15) is 73.5 Å². The van der Waals surface area contributed by atoms with Crippen LogP contribution in [-0.4, -0.2) is 53.6 Å². The fourth-order valence-electron chi connectivity index (χ4n) is 6.06. The molecule has 1 N–H and O–H groups in total. The summed E-state index contributed by atoms with van der Waals surface area (Å²) in [5.74, 6) is -1.19. The van der Waals surface area contributed by atoms with Gasteiger partial charge in [-0.05, 0) is 99.5 Å². The minimum absolute atomic E-state index is 0.0400. The zero-order chi connectivity index (χ0) is 35.2. The zero-order valence-corrected chi connectivity index (χ0v) is 29.1. The van der Waals surface area contributed by atoms with E-state index in [1.807, 2.05) is 27.7 Å². The van der Waals surface area contributed by atoms with Crippen molar-refractivity contribution in [1.82, 2.24) is 5.32 Å². The number of nitrogens with zero attached hydrogens (tertiary/aromatic N) is 1. The van der Waals surface area contributed by atoms with Gasteiger partial charge in [-0.25, -0.2) is 17.2 Å². The maximum Gasteiger partial charge on any atom is 0.498 e. The Kier molecular flexibility index (Phi) is 9.64. The fraction of sp³-hybridized carbons (Fsp3) is 0.400. The second-order valence-corrected chi connectivity index (χ2v) is 14.3. The number of methoxy groups -OCH3 is 1. The third-order valence-corrected chi connectivity index (χ3v) is 10.2. The number of carbonyl (C=O) groups excluding carboxylic acids is 1. The highest BCUT2D eigenvalue weighted by molar-refractivity contribution is 7.74. The van der Waals surface area contributed by atoms with Crippen molar-refractivity contribution in [3.05, 3.63) is 82.4 Å².